The third-order valence-electron chi connectivity index (χ3n) is 4.28. The second kappa shape index (κ2) is 10.4. The minimum absolute atomic E-state index is 0.0432. The standard InChI is InChI=1S/C19H30O4/c1-14(2)13-16(20)11-9-15-10-12-18(21)17(15)7-5-3-4-6-8-19(22)23/h3-4,9,11,14-17,20H,5-8,10,12-13H2,1-2H3,(H,22,23)/b4-3-,11-9+. The van der Waals surface area contributed by atoms with Gasteiger partial charge in [0.1, 0.15) is 5.78 Å². The maximum Gasteiger partial charge on any atom is 0.303 e. The lowest BCUT2D eigenvalue weighted by molar-refractivity contribution is -0.136. The normalized spacial score (nSPS) is 23.4. The Kier molecular flexibility index (Phi) is 8.85. The van der Waals surface area contributed by atoms with Crippen molar-refractivity contribution >= 4 is 11.8 Å². The summed E-state index contributed by atoms with van der Waals surface area (Å²) in [5.74, 6) is 0.257. The van der Waals surface area contributed by atoms with Gasteiger partial charge >= 0.3 is 5.97 Å². The first kappa shape index (κ1) is 19.6. The highest BCUT2D eigenvalue weighted by Crippen LogP contribution is 2.33. The molecule has 4 nitrogen and oxygen atoms in total. The van der Waals surface area contributed by atoms with Crippen LogP contribution in [0.4, 0.5) is 0 Å². The number of hydrogen-bond donors (Lipinski definition) is 2. The number of aliphatic carboxylic acids is 1. The largest absolute Gasteiger partial charge is 0.481 e. The SMILES string of the molecule is CC(C)CC(O)/C=C/C1CCC(=O)C1CC/C=C\CCC(=O)O. The van der Waals surface area contributed by atoms with E-state index in [0.717, 1.165) is 25.7 Å². The molecule has 0 heterocycles. The van der Waals surface area contributed by atoms with Crippen molar-refractivity contribution < 1.29 is 19.8 Å². The van der Waals surface area contributed by atoms with Gasteiger partial charge in [-0.3, -0.25) is 9.59 Å². The quantitative estimate of drug-likeness (QED) is 0.601. The van der Waals surface area contributed by atoms with E-state index < -0.39 is 12.1 Å². The van der Waals surface area contributed by atoms with Gasteiger partial charge in [-0.2, -0.15) is 0 Å². The molecule has 3 unspecified atom stereocenters. The highest BCUT2D eigenvalue weighted by Gasteiger charge is 2.32. The first-order chi connectivity index (χ1) is 10.9. The van der Waals surface area contributed by atoms with Gasteiger partial charge in [0.15, 0.2) is 0 Å². The van der Waals surface area contributed by atoms with Gasteiger partial charge in [0.2, 0.25) is 0 Å². The predicted octanol–water partition coefficient (Wildman–Crippen LogP) is 3.75. The summed E-state index contributed by atoms with van der Waals surface area (Å²) in [7, 11) is 0. The summed E-state index contributed by atoms with van der Waals surface area (Å²) in [6, 6.07) is 0. The van der Waals surface area contributed by atoms with E-state index in [0.29, 0.717) is 24.5 Å². The Morgan fingerprint density at radius 2 is 2.00 bits per heavy atom. The number of carboxylic acids is 1. The first-order valence-corrected chi connectivity index (χ1v) is 8.66. The topological polar surface area (TPSA) is 74.6 Å². The monoisotopic (exact) mass is 322 g/mol. The molecule has 3 atom stereocenters. The summed E-state index contributed by atoms with van der Waals surface area (Å²) in [5.41, 5.74) is 0. The fourth-order valence-corrected chi connectivity index (χ4v) is 3.09. The molecule has 0 amide bonds. The Morgan fingerprint density at radius 1 is 1.30 bits per heavy atom. The molecular weight excluding hydrogens is 292 g/mol. The molecule has 23 heavy (non-hydrogen) atoms. The van der Waals surface area contributed by atoms with Gasteiger partial charge in [-0.25, -0.2) is 0 Å². The van der Waals surface area contributed by atoms with Crippen LogP contribution in [0.3, 0.4) is 0 Å². The molecule has 0 saturated heterocycles. The summed E-state index contributed by atoms with van der Waals surface area (Å²) in [6.07, 6.45) is 11.8. The average molecular weight is 322 g/mol. The Hall–Kier alpha value is -1.42. The van der Waals surface area contributed by atoms with Crippen molar-refractivity contribution in [3.8, 4) is 0 Å². The zero-order valence-corrected chi connectivity index (χ0v) is 14.3. The number of carbonyl (C=O) groups is 2. The van der Waals surface area contributed by atoms with E-state index in [1.54, 1.807) is 0 Å². The molecule has 1 saturated carbocycles. The molecule has 0 spiro atoms. The van der Waals surface area contributed by atoms with Gasteiger partial charge in [0, 0.05) is 18.8 Å². The molecular formula is C19H30O4. The molecule has 0 bridgehead atoms. The molecule has 2 N–H and O–H groups in total. The van der Waals surface area contributed by atoms with Crippen molar-refractivity contribution in [3.63, 3.8) is 0 Å². The minimum Gasteiger partial charge on any atom is -0.481 e. The van der Waals surface area contributed by atoms with E-state index in [1.807, 2.05) is 24.3 Å². The number of hydrogen-bond acceptors (Lipinski definition) is 3. The van der Waals surface area contributed by atoms with Crippen LogP contribution in [0.1, 0.15) is 58.8 Å². The molecule has 0 aromatic heterocycles. The highest BCUT2D eigenvalue weighted by atomic mass is 16.4. The van der Waals surface area contributed by atoms with Crippen molar-refractivity contribution in [1.29, 1.82) is 0 Å². The molecule has 0 aromatic carbocycles. The van der Waals surface area contributed by atoms with Crippen LogP contribution in [0.25, 0.3) is 0 Å². The van der Waals surface area contributed by atoms with Gasteiger partial charge in [-0.15, -0.1) is 0 Å². The lowest BCUT2D eigenvalue weighted by atomic mass is 9.90. The van der Waals surface area contributed by atoms with Crippen LogP contribution in [0.2, 0.25) is 0 Å². The van der Waals surface area contributed by atoms with Crippen LogP contribution in [0.15, 0.2) is 24.3 Å². The Bertz CT molecular complexity index is 437. The van der Waals surface area contributed by atoms with Crippen LogP contribution >= 0.6 is 0 Å². The Balaban J connectivity index is 2.40. The maximum atomic E-state index is 12.0. The van der Waals surface area contributed by atoms with Crippen molar-refractivity contribution in [2.24, 2.45) is 17.8 Å². The Morgan fingerprint density at radius 3 is 2.65 bits per heavy atom. The first-order valence-electron chi connectivity index (χ1n) is 8.66. The van der Waals surface area contributed by atoms with Gasteiger partial charge in [0.25, 0.3) is 0 Å². The van der Waals surface area contributed by atoms with E-state index in [-0.39, 0.29) is 18.3 Å². The molecule has 1 aliphatic rings. The third kappa shape index (κ3) is 8.12. The molecule has 1 rings (SSSR count). The summed E-state index contributed by atoms with van der Waals surface area (Å²) in [4.78, 5) is 22.4. The number of aliphatic hydroxyl groups excluding tert-OH is 1. The van der Waals surface area contributed by atoms with E-state index >= 15 is 0 Å². The van der Waals surface area contributed by atoms with Crippen molar-refractivity contribution in [2.45, 2.75) is 64.9 Å². The number of rotatable bonds is 10. The van der Waals surface area contributed by atoms with Gasteiger partial charge in [-0.1, -0.05) is 38.2 Å². The molecule has 0 radical (unpaired) electrons. The smallest absolute Gasteiger partial charge is 0.303 e. The lowest BCUT2D eigenvalue weighted by Crippen LogP contribution is -2.14. The fraction of sp³-hybridized carbons (Fsp3) is 0.684. The molecule has 0 aliphatic heterocycles. The number of carbonyl (C=O) groups excluding carboxylic acids is 1. The number of carboxylic acid groups (broad SMARTS) is 1. The lowest BCUT2D eigenvalue weighted by Gasteiger charge is -2.15. The zero-order valence-electron chi connectivity index (χ0n) is 14.3. The van der Waals surface area contributed by atoms with Crippen molar-refractivity contribution in [2.75, 3.05) is 0 Å². The molecule has 1 aliphatic carbocycles. The van der Waals surface area contributed by atoms with Crippen LogP contribution in [0.5, 0.6) is 0 Å². The summed E-state index contributed by atoms with van der Waals surface area (Å²) < 4.78 is 0. The van der Waals surface area contributed by atoms with Gasteiger partial charge in [-0.05, 0) is 43.9 Å². The Labute approximate surface area is 139 Å². The van der Waals surface area contributed by atoms with Crippen LogP contribution in [-0.4, -0.2) is 28.1 Å². The van der Waals surface area contributed by atoms with Gasteiger partial charge in [0.05, 0.1) is 6.10 Å². The zero-order chi connectivity index (χ0) is 17.2. The fourth-order valence-electron chi connectivity index (χ4n) is 3.09. The average Bonchev–Trinajstić information content (AvgIpc) is 2.80. The molecule has 1 fully saturated rings. The molecule has 4 heteroatoms. The van der Waals surface area contributed by atoms with Crippen LogP contribution in [-0.2, 0) is 9.59 Å². The second-order valence-corrected chi connectivity index (χ2v) is 6.84. The second-order valence-electron chi connectivity index (χ2n) is 6.84. The molecule has 0 aromatic rings. The van der Waals surface area contributed by atoms with E-state index in [4.69, 9.17) is 5.11 Å². The van der Waals surface area contributed by atoms with E-state index in [9.17, 15) is 14.7 Å². The number of Topliss-reactive ketones (excluding diaryl/α,β-unsaturated/α-hetero) is 1. The number of aliphatic hydroxyl groups is 1. The third-order valence-corrected chi connectivity index (χ3v) is 4.28. The predicted molar refractivity (Wildman–Crippen MR) is 91.1 cm³/mol. The summed E-state index contributed by atoms with van der Waals surface area (Å²) >= 11 is 0. The summed E-state index contributed by atoms with van der Waals surface area (Å²) in [5, 5.41) is 18.5. The number of ketones is 1. The maximum absolute atomic E-state index is 12.0. The minimum atomic E-state index is -0.786. The van der Waals surface area contributed by atoms with Gasteiger partial charge < -0.3 is 10.2 Å². The van der Waals surface area contributed by atoms with E-state index in [2.05, 4.69) is 13.8 Å². The summed E-state index contributed by atoms with van der Waals surface area (Å²) in [6.45, 7) is 4.16. The number of allylic oxidation sites excluding steroid dienone is 3. The van der Waals surface area contributed by atoms with Crippen LogP contribution in [0, 0.1) is 17.8 Å². The van der Waals surface area contributed by atoms with Crippen molar-refractivity contribution in [1.82, 2.24) is 0 Å². The highest BCUT2D eigenvalue weighted by molar-refractivity contribution is 5.83. The molecule has 130 valence electrons. The van der Waals surface area contributed by atoms with E-state index in [1.165, 1.54) is 0 Å². The van der Waals surface area contributed by atoms with Crippen LogP contribution < -0.4 is 0 Å². The van der Waals surface area contributed by atoms with Crippen molar-refractivity contribution in [3.05, 3.63) is 24.3 Å².